The number of hydrogen-bond donors (Lipinski definition) is 1. The Labute approximate surface area is 171 Å². The first kappa shape index (κ1) is 18.2. The van der Waals surface area contributed by atoms with Gasteiger partial charge in [0.05, 0.1) is 12.2 Å². The Morgan fingerprint density at radius 1 is 1.27 bits per heavy atom. The lowest BCUT2D eigenvalue weighted by Gasteiger charge is -2.34. The molecule has 5 rings (SSSR count). The molecule has 0 unspecified atom stereocenters. The molecule has 1 aliphatic rings. The van der Waals surface area contributed by atoms with Gasteiger partial charge in [-0.2, -0.15) is 15.5 Å². The Bertz CT molecular complexity index is 1330. The van der Waals surface area contributed by atoms with E-state index in [0.29, 0.717) is 11.5 Å². The van der Waals surface area contributed by atoms with Crippen molar-refractivity contribution in [3.8, 4) is 6.07 Å². The van der Waals surface area contributed by atoms with Gasteiger partial charge in [0.1, 0.15) is 23.1 Å². The lowest BCUT2D eigenvalue weighted by Crippen LogP contribution is -2.28. The Balaban J connectivity index is 1.62. The van der Waals surface area contributed by atoms with Crippen LogP contribution in [0.1, 0.15) is 60.5 Å². The molecule has 3 atom stereocenters. The summed E-state index contributed by atoms with van der Waals surface area (Å²) in [6.07, 6.45) is 8.89. The van der Waals surface area contributed by atoms with Gasteiger partial charge in [-0.3, -0.25) is 9.48 Å². The fourth-order valence-electron chi connectivity index (χ4n) is 4.02. The second-order valence-corrected chi connectivity index (χ2v) is 7.58. The molecule has 30 heavy (non-hydrogen) atoms. The molecular formula is C20H19N9O. The van der Waals surface area contributed by atoms with E-state index in [2.05, 4.69) is 25.1 Å². The van der Waals surface area contributed by atoms with Crippen LogP contribution >= 0.6 is 0 Å². The van der Waals surface area contributed by atoms with Gasteiger partial charge in [0.2, 0.25) is 0 Å². The Kier molecular flexibility index (Phi) is 4.17. The number of aromatic nitrogens is 8. The van der Waals surface area contributed by atoms with Gasteiger partial charge in [-0.05, 0) is 25.8 Å². The molecule has 4 aromatic heterocycles. The third-order valence-electron chi connectivity index (χ3n) is 5.80. The fraction of sp³-hybridized carbons (Fsp3) is 0.350. The maximum absolute atomic E-state index is 12.9. The molecule has 0 radical (unpaired) electrons. The summed E-state index contributed by atoms with van der Waals surface area (Å²) in [7, 11) is 1.83. The van der Waals surface area contributed by atoms with Crippen LogP contribution < -0.4 is 5.56 Å². The van der Waals surface area contributed by atoms with Crippen LogP contribution in [-0.2, 0) is 7.05 Å². The van der Waals surface area contributed by atoms with E-state index >= 15 is 0 Å². The van der Waals surface area contributed by atoms with Gasteiger partial charge in [0.15, 0.2) is 11.3 Å². The van der Waals surface area contributed by atoms with Crippen LogP contribution in [0, 0.1) is 11.3 Å². The first-order chi connectivity index (χ1) is 14.6. The van der Waals surface area contributed by atoms with Crippen molar-refractivity contribution in [3.63, 3.8) is 0 Å². The highest BCUT2D eigenvalue weighted by Crippen LogP contribution is 2.46. The van der Waals surface area contributed by atoms with Crippen LogP contribution in [0.15, 0.2) is 35.6 Å². The number of fused-ring (bicyclic) bond motifs is 1. The molecule has 1 fully saturated rings. The number of aryl methyl sites for hydroxylation is 1. The van der Waals surface area contributed by atoms with E-state index in [1.54, 1.807) is 34.0 Å². The maximum Gasteiger partial charge on any atom is 0.263 e. The minimum absolute atomic E-state index is 0.0204. The fourth-order valence-corrected chi connectivity index (χ4v) is 4.02. The third kappa shape index (κ3) is 2.78. The maximum atomic E-state index is 12.9. The van der Waals surface area contributed by atoms with Crippen LogP contribution in [0.2, 0.25) is 0 Å². The summed E-state index contributed by atoms with van der Waals surface area (Å²) in [5.74, 6) is 1.47. The number of nitriles is 1. The molecule has 0 spiro atoms. The zero-order chi connectivity index (χ0) is 20.8. The summed E-state index contributed by atoms with van der Waals surface area (Å²) in [5.41, 5.74) is 1.03. The van der Waals surface area contributed by atoms with Crippen LogP contribution in [0.4, 0.5) is 0 Å². The standard InChI is InChI=1S/C20H19N9O/c1-11(12-9-24-28(2)10-12)29-19-16(15(8-21)27-29)20(30)26-18(25-19)14-5-4-13(14)17-22-6-3-7-23-17/h3,6-7,9-11,13-14H,4-5H2,1-2H3,(H,25,26,30)/t11-,13-,14-/m1/s1. The van der Waals surface area contributed by atoms with E-state index in [-0.39, 0.29) is 34.5 Å². The average Bonchev–Trinajstić information content (AvgIpc) is 3.31. The van der Waals surface area contributed by atoms with E-state index in [0.717, 1.165) is 24.2 Å². The zero-order valence-electron chi connectivity index (χ0n) is 16.5. The summed E-state index contributed by atoms with van der Waals surface area (Å²) < 4.78 is 3.34. The molecule has 0 aliphatic heterocycles. The van der Waals surface area contributed by atoms with Crippen molar-refractivity contribution >= 4 is 11.0 Å². The van der Waals surface area contributed by atoms with Crippen LogP contribution in [0.3, 0.4) is 0 Å². The third-order valence-corrected chi connectivity index (χ3v) is 5.80. The van der Waals surface area contributed by atoms with Crippen LogP contribution in [-0.4, -0.2) is 39.5 Å². The number of rotatable bonds is 4. The molecule has 1 N–H and O–H groups in total. The molecule has 10 nitrogen and oxygen atoms in total. The first-order valence-electron chi connectivity index (χ1n) is 9.74. The van der Waals surface area contributed by atoms with Gasteiger partial charge in [-0.1, -0.05) is 0 Å². The summed E-state index contributed by atoms with van der Waals surface area (Å²) in [5, 5.41) is 18.3. The summed E-state index contributed by atoms with van der Waals surface area (Å²) in [6, 6.07) is 3.57. The van der Waals surface area contributed by atoms with E-state index in [4.69, 9.17) is 4.98 Å². The minimum atomic E-state index is -0.351. The van der Waals surface area contributed by atoms with Crippen molar-refractivity contribution in [2.75, 3.05) is 0 Å². The smallest absolute Gasteiger partial charge is 0.263 e. The van der Waals surface area contributed by atoms with Gasteiger partial charge in [-0.25, -0.2) is 19.6 Å². The van der Waals surface area contributed by atoms with Crippen molar-refractivity contribution in [2.45, 2.75) is 37.6 Å². The van der Waals surface area contributed by atoms with E-state index in [1.165, 1.54) is 0 Å². The zero-order valence-corrected chi connectivity index (χ0v) is 16.5. The SMILES string of the molecule is C[C@H](c1cnn(C)c1)n1nc(C#N)c2c(=O)[nH]c([C@@H]3CC[C@H]3c3ncccn3)nc21. The van der Waals surface area contributed by atoms with Gasteiger partial charge in [0.25, 0.3) is 5.56 Å². The number of aromatic amines is 1. The Morgan fingerprint density at radius 3 is 2.67 bits per heavy atom. The second kappa shape index (κ2) is 6.88. The van der Waals surface area contributed by atoms with Gasteiger partial charge in [-0.15, -0.1) is 0 Å². The number of H-pyrrole nitrogens is 1. The summed E-state index contributed by atoms with van der Waals surface area (Å²) >= 11 is 0. The second-order valence-electron chi connectivity index (χ2n) is 7.58. The molecule has 0 amide bonds. The highest BCUT2D eigenvalue weighted by Gasteiger charge is 2.37. The summed E-state index contributed by atoms with van der Waals surface area (Å²) in [6.45, 7) is 1.94. The molecule has 0 bridgehead atoms. The van der Waals surface area contributed by atoms with Gasteiger partial charge < -0.3 is 4.98 Å². The highest BCUT2D eigenvalue weighted by atomic mass is 16.1. The minimum Gasteiger partial charge on any atom is -0.310 e. The van der Waals surface area contributed by atoms with E-state index in [1.807, 2.05) is 26.2 Å². The largest absolute Gasteiger partial charge is 0.310 e. The monoisotopic (exact) mass is 401 g/mol. The predicted octanol–water partition coefficient (Wildman–Crippen LogP) is 1.79. The van der Waals surface area contributed by atoms with Crippen molar-refractivity contribution < 1.29 is 0 Å². The molecular weight excluding hydrogens is 382 g/mol. The number of hydrogen-bond acceptors (Lipinski definition) is 7. The Morgan fingerprint density at radius 2 is 2.03 bits per heavy atom. The predicted molar refractivity (Wildman–Crippen MR) is 107 cm³/mol. The van der Waals surface area contributed by atoms with Crippen molar-refractivity contribution in [3.05, 3.63) is 64.1 Å². The Hall–Kier alpha value is -3.87. The van der Waals surface area contributed by atoms with Crippen LogP contribution in [0.25, 0.3) is 11.0 Å². The molecule has 150 valence electrons. The highest BCUT2D eigenvalue weighted by molar-refractivity contribution is 5.80. The lowest BCUT2D eigenvalue weighted by molar-refractivity contribution is 0.319. The lowest BCUT2D eigenvalue weighted by atomic mass is 9.72. The normalized spacial score (nSPS) is 19.4. The number of nitrogens with zero attached hydrogens (tertiary/aromatic N) is 8. The van der Waals surface area contributed by atoms with Crippen LogP contribution in [0.5, 0.6) is 0 Å². The van der Waals surface area contributed by atoms with E-state index < -0.39 is 0 Å². The van der Waals surface area contributed by atoms with Gasteiger partial charge in [0, 0.05) is 43.0 Å². The first-order valence-corrected chi connectivity index (χ1v) is 9.74. The quantitative estimate of drug-likeness (QED) is 0.551. The topological polar surface area (TPSA) is 131 Å². The number of nitrogens with one attached hydrogen (secondary N) is 1. The molecule has 4 heterocycles. The van der Waals surface area contributed by atoms with Crippen molar-refractivity contribution in [2.24, 2.45) is 7.05 Å². The molecule has 4 aromatic rings. The van der Waals surface area contributed by atoms with Crippen molar-refractivity contribution in [1.29, 1.82) is 5.26 Å². The molecule has 0 saturated heterocycles. The van der Waals surface area contributed by atoms with Gasteiger partial charge >= 0.3 is 0 Å². The molecule has 1 aliphatic carbocycles. The van der Waals surface area contributed by atoms with Crippen molar-refractivity contribution in [1.82, 2.24) is 39.5 Å². The van der Waals surface area contributed by atoms with E-state index in [9.17, 15) is 10.1 Å². The molecule has 0 aromatic carbocycles. The summed E-state index contributed by atoms with van der Waals surface area (Å²) in [4.78, 5) is 29.3. The molecule has 10 heteroatoms. The molecule has 1 saturated carbocycles. The average molecular weight is 401 g/mol.